The third kappa shape index (κ3) is 3.98. The number of allylic oxidation sites excluding steroid dienone is 4. The first-order valence-electron chi connectivity index (χ1n) is 16.7. The van der Waals surface area contributed by atoms with E-state index >= 15 is 0 Å². The second-order valence-corrected chi connectivity index (χ2v) is 12.6. The number of nitrogens with zero attached hydrogens (tertiary/aromatic N) is 3. The molecule has 8 aromatic rings. The van der Waals surface area contributed by atoms with E-state index < -0.39 is 0 Å². The number of hydrogen-bond donors (Lipinski definition) is 0. The van der Waals surface area contributed by atoms with Gasteiger partial charge in [0.2, 0.25) is 0 Å². The van der Waals surface area contributed by atoms with Crippen molar-refractivity contribution in [3.05, 3.63) is 169 Å². The van der Waals surface area contributed by atoms with E-state index in [0.29, 0.717) is 0 Å². The number of benzene rings is 7. The van der Waals surface area contributed by atoms with E-state index in [0.717, 1.165) is 58.0 Å². The lowest BCUT2D eigenvalue weighted by Gasteiger charge is -2.33. The molecule has 0 saturated heterocycles. The highest BCUT2D eigenvalue weighted by Gasteiger charge is 2.30. The monoisotopic (exact) mass is 613 g/mol. The molecule has 0 fully saturated rings. The molecule has 1 aliphatic heterocycles. The van der Waals surface area contributed by atoms with Crippen LogP contribution in [0.1, 0.15) is 18.4 Å². The summed E-state index contributed by atoms with van der Waals surface area (Å²) in [6, 6.07) is 52.6. The Kier molecular flexibility index (Phi) is 6.00. The van der Waals surface area contributed by atoms with Crippen LogP contribution in [0, 0.1) is 0 Å². The van der Waals surface area contributed by atoms with Gasteiger partial charge in [-0.25, -0.2) is 4.98 Å². The standard InChI is InChI=1S/C45H31N3/c1-4-15-30(16-5-1)42-34-21-10-12-23-36(34)43(37-24-13-11-22-35(37)42)32-27-28-39-41(29-32)47(33-19-8-3-9-20-33)40-26-14-25-38-44(40)48(39)45(46-38)31-17-6-2-7-18-31/h2-4,6-29H,1,5H2. The van der Waals surface area contributed by atoms with E-state index in [4.69, 9.17) is 4.98 Å². The summed E-state index contributed by atoms with van der Waals surface area (Å²) in [5.41, 5.74) is 12.8. The van der Waals surface area contributed by atoms with E-state index in [2.05, 4.69) is 173 Å². The fourth-order valence-corrected chi connectivity index (χ4v) is 7.89. The fraction of sp³-hybridized carbons (Fsp3) is 0.0444. The van der Waals surface area contributed by atoms with Gasteiger partial charge in [-0.05, 0) is 93.0 Å². The predicted octanol–water partition coefficient (Wildman–Crippen LogP) is 12.2. The van der Waals surface area contributed by atoms with Crippen LogP contribution in [0.4, 0.5) is 17.1 Å². The van der Waals surface area contributed by atoms with Crippen LogP contribution in [0.15, 0.2) is 164 Å². The van der Waals surface area contributed by atoms with E-state index in [-0.39, 0.29) is 0 Å². The molecule has 3 heteroatoms. The van der Waals surface area contributed by atoms with Crippen LogP contribution in [-0.2, 0) is 0 Å². The average Bonchev–Trinajstić information content (AvgIpc) is 3.56. The van der Waals surface area contributed by atoms with Gasteiger partial charge < -0.3 is 4.90 Å². The summed E-state index contributed by atoms with van der Waals surface area (Å²) in [5, 5.41) is 5.11. The van der Waals surface area contributed by atoms with Crippen molar-refractivity contribution in [2.24, 2.45) is 0 Å². The molecule has 0 spiro atoms. The first-order valence-corrected chi connectivity index (χ1v) is 16.7. The third-order valence-corrected chi connectivity index (χ3v) is 9.90. The molecule has 1 aromatic heterocycles. The molecular weight excluding hydrogens is 583 g/mol. The lowest BCUT2D eigenvalue weighted by molar-refractivity contribution is 1.04. The smallest absolute Gasteiger partial charge is 0.145 e. The van der Waals surface area contributed by atoms with Crippen molar-refractivity contribution < 1.29 is 0 Å². The second kappa shape index (κ2) is 10.7. The van der Waals surface area contributed by atoms with Gasteiger partial charge in [0.15, 0.2) is 0 Å². The zero-order valence-corrected chi connectivity index (χ0v) is 26.3. The zero-order chi connectivity index (χ0) is 31.6. The lowest BCUT2D eigenvalue weighted by Crippen LogP contribution is -2.18. The van der Waals surface area contributed by atoms with Crippen LogP contribution in [0.5, 0.6) is 0 Å². The molecule has 2 heterocycles. The molecule has 3 nitrogen and oxygen atoms in total. The summed E-state index contributed by atoms with van der Waals surface area (Å²) in [6.45, 7) is 0. The molecule has 0 saturated carbocycles. The molecule has 2 aliphatic rings. The number of aromatic nitrogens is 2. The van der Waals surface area contributed by atoms with E-state index in [1.165, 1.54) is 43.8 Å². The number of rotatable bonds is 4. The molecule has 1 aliphatic carbocycles. The van der Waals surface area contributed by atoms with Crippen molar-refractivity contribution in [3.8, 4) is 28.2 Å². The Morgan fingerprint density at radius 3 is 1.85 bits per heavy atom. The average molecular weight is 614 g/mol. The highest BCUT2D eigenvalue weighted by atomic mass is 15.2. The van der Waals surface area contributed by atoms with Crippen molar-refractivity contribution >= 4 is 55.2 Å². The van der Waals surface area contributed by atoms with Crippen LogP contribution < -0.4 is 4.90 Å². The van der Waals surface area contributed by atoms with Crippen LogP contribution in [-0.4, -0.2) is 9.55 Å². The lowest BCUT2D eigenvalue weighted by atomic mass is 9.84. The Morgan fingerprint density at radius 1 is 0.500 bits per heavy atom. The van der Waals surface area contributed by atoms with Gasteiger partial charge in [0.1, 0.15) is 5.82 Å². The Labute approximate surface area is 279 Å². The first-order chi connectivity index (χ1) is 23.8. The summed E-state index contributed by atoms with van der Waals surface area (Å²) in [5.74, 6) is 0.953. The van der Waals surface area contributed by atoms with Gasteiger partial charge >= 0.3 is 0 Å². The maximum Gasteiger partial charge on any atom is 0.145 e. The Bertz CT molecular complexity index is 2550. The quantitative estimate of drug-likeness (QED) is 0.184. The van der Waals surface area contributed by atoms with Gasteiger partial charge in [0.25, 0.3) is 0 Å². The highest BCUT2D eigenvalue weighted by Crippen LogP contribution is 2.51. The minimum Gasteiger partial charge on any atom is -0.306 e. The van der Waals surface area contributed by atoms with E-state index in [1.807, 2.05) is 0 Å². The summed E-state index contributed by atoms with van der Waals surface area (Å²) in [4.78, 5) is 7.63. The van der Waals surface area contributed by atoms with Gasteiger partial charge in [-0.2, -0.15) is 0 Å². The van der Waals surface area contributed by atoms with E-state index in [1.54, 1.807) is 0 Å². The normalized spacial score (nSPS) is 13.7. The van der Waals surface area contributed by atoms with Crippen LogP contribution in [0.25, 0.3) is 66.4 Å². The maximum absolute atomic E-state index is 5.22. The number of para-hydroxylation sites is 2. The predicted molar refractivity (Wildman–Crippen MR) is 202 cm³/mol. The molecule has 0 N–H and O–H groups in total. The minimum absolute atomic E-state index is 0.953. The zero-order valence-electron chi connectivity index (χ0n) is 26.3. The van der Waals surface area contributed by atoms with Crippen LogP contribution in [0.2, 0.25) is 0 Å². The van der Waals surface area contributed by atoms with E-state index in [9.17, 15) is 0 Å². The summed E-state index contributed by atoms with van der Waals surface area (Å²) in [6.07, 6.45) is 9.19. The van der Waals surface area contributed by atoms with Gasteiger partial charge in [-0.15, -0.1) is 0 Å². The molecule has 0 amide bonds. The Hall–Kier alpha value is -6.19. The van der Waals surface area contributed by atoms with Crippen molar-refractivity contribution in [1.82, 2.24) is 9.55 Å². The number of hydrogen-bond acceptors (Lipinski definition) is 2. The molecular formula is C45H31N3. The molecule has 0 atom stereocenters. The van der Waals surface area contributed by atoms with Gasteiger partial charge in [0.05, 0.1) is 28.1 Å². The van der Waals surface area contributed by atoms with Gasteiger partial charge in [0, 0.05) is 11.3 Å². The second-order valence-electron chi connectivity index (χ2n) is 12.6. The minimum atomic E-state index is 0.953. The Balaban J connectivity index is 1.29. The molecule has 0 bridgehead atoms. The first kappa shape index (κ1) is 27.0. The van der Waals surface area contributed by atoms with Crippen molar-refractivity contribution in [2.75, 3.05) is 4.90 Å². The number of imidazole rings is 1. The van der Waals surface area contributed by atoms with Crippen molar-refractivity contribution in [2.45, 2.75) is 12.8 Å². The topological polar surface area (TPSA) is 21.1 Å². The van der Waals surface area contributed by atoms with Crippen molar-refractivity contribution in [3.63, 3.8) is 0 Å². The number of anilines is 3. The Morgan fingerprint density at radius 2 is 1.17 bits per heavy atom. The van der Waals surface area contributed by atoms with Gasteiger partial charge in [-0.1, -0.05) is 127 Å². The van der Waals surface area contributed by atoms with Crippen LogP contribution >= 0.6 is 0 Å². The molecule has 10 rings (SSSR count). The van der Waals surface area contributed by atoms with Crippen molar-refractivity contribution in [1.29, 1.82) is 0 Å². The highest BCUT2D eigenvalue weighted by molar-refractivity contribution is 6.20. The summed E-state index contributed by atoms with van der Waals surface area (Å²) >= 11 is 0. The molecule has 7 aromatic carbocycles. The summed E-state index contributed by atoms with van der Waals surface area (Å²) in [7, 11) is 0. The molecule has 0 radical (unpaired) electrons. The maximum atomic E-state index is 5.22. The largest absolute Gasteiger partial charge is 0.306 e. The van der Waals surface area contributed by atoms with Gasteiger partial charge in [-0.3, -0.25) is 4.57 Å². The third-order valence-electron chi connectivity index (χ3n) is 9.90. The molecule has 226 valence electrons. The summed E-state index contributed by atoms with van der Waals surface area (Å²) < 4.78 is 2.36. The molecule has 0 unspecified atom stereocenters. The molecule has 48 heavy (non-hydrogen) atoms. The van der Waals surface area contributed by atoms with Crippen LogP contribution in [0.3, 0.4) is 0 Å². The fourth-order valence-electron chi connectivity index (χ4n) is 7.89. The number of fused-ring (bicyclic) bond motifs is 4. The SMILES string of the molecule is C1=CC(c2c3ccccc3c(-c3ccc4c(c3)N(c3ccccc3)c3cccc5nc(-c6ccccc6)n-4c35)c3ccccc23)=CCC1.